The molecule has 1 aromatic heterocycles. The van der Waals surface area contributed by atoms with Crippen LogP contribution in [0.15, 0.2) is 71.3 Å². The summed E-state index contributed by atoms with van der Waals surface area (Å²) >= 11 is 0. The van der Waals surface area contributed by atoms with E-state index in [1.807, 2.05) is 42.5 Å². The second-order valence-electron chi connectivity index (χ2n) is 7.97. The maximum Gasteiger partial charge on any atom is 0.317 e. The Kier molecular flexibility index (Phi) is 7.10. The number of methoxy groups -OCH3 is 1. The summed E-state index contributed by atoms with van der Waals surface area (Å²) in [6.07, 6.45) is 0. The van der Waals surface area contributed by atoms with E-state index >= 15 is 0 Å². The predicted molar refractivity (Wildman–Crippen MR) is 125 cm³/mol. The summed E-state index contributed by atoms with van der Waals surface area (Å²) in [6.45, 7) is 0.785. The van der Waals surface area contributed by atoms with E-state index < -0.39 is 5.97 Å². The number of hydrogen-bond acceptors (Lipinski definition) is 6. The van der Waals surface area contributed by atoms with Crippen LogP contribution >= 0.6 is 0 Å². The first-order chi connectivity index (χ1) is 16.4. The van der Waals surface area contributed by atoms with Gasteiger partial charge in [0.1, 0.15) is 5.82 Å². The third-order valence-corrected chi connectivity index (χ3v) is 5.31. The van der Waals surface area contributed by atoms with E-state index in [4.69, 9.17) is 14.4 Å². The number of carbonyl (C=O) groups is 1. The maximum atomic E-state index is 14.4. The van der Waals surface area contributed by atoms with Crippen LogP contribution in [0.4, 0.5) is 4.39 Å². The topological polar surface area (TPSA) is 88.7 Å². The first-order valence-corrected chi connectivity index (χ1v) is 10.6. The van der Waals surface area contributed by atoms with Crippen LogP contribution in [0.1, 0.15) is 11.1 Å². The molecule has 1 heterocycles. The van der Waals surface area contributed by atoms with Crippen LogP contribution < -0.4 is 0 Å². The standard InChI is InChI=1S/C26H24FN3O4/c1-30(15-24(31)32)14-17-7-9-18(10-8-17)25-28-26(34-29-25)19-11-12-21(20(13-19)16-33-2)22-5-3-4-6-23(22)27/h3-13H,14-16H2,1-2H3,(H,31,32). The Labute approximate surface area is 196 Å². The number of carboxylic acid groups (broad SMARTS) is 1. The van der Waals surface area contributed by atoms with Crippen LogP contribution in [-0.4, -0.2) is 46.8 Å². The number of aliphatic carboxylic acids is 1. The number of halogens is 1. The summed E-state index contributed by atoms with van der Waals surface area (Å²) in [5.74, 6) is -0.385. The van der Waals surface area contributed by atoms with Crippen molar-refractivity contribution in [3.63, 3.8) is 0 Å². The Morgan fingerprint density at radius 2 is 1.79 bits per heavy atom. The molecule has 0 radical (unpaired) electrons. The van der Waals surface area contributed by atoms with E-state index in [-0.39, 0.29) is 12.4 Å². The smallest absolute Gasteiger partial charge is 0.317 e. The van der Waals surface area contributed by atoms with Gasteiger partial charge in [-0.3, -0.25) is 9.69 Å². The summed E-state index contributed by atoms with van der Waals surface area (Å²) in [4.78, 5) is 17.1. The summed E-state index contributed by atoms with van der Waals surface area (Å²) < 4.78 is 25.2. The van der Waals surface area contributed by atoms with E-state index in [0.717, 1.165) is 22.3 Å². The molecule has 8 heteroatoms. The molecule has 0 unspecified atom stereocenters. The molecule has 4 rings (SSSR count). The largest absolute Gasteiger partial charge is 0.480 e. The molecular weight excluding hydrogens is 437 g/mol. The van der Waals surface area contributed by atoms with Crippen molar-refractivity contribution in [3.8, 4) is 34.0 Å². The number of nitrogens with zero attached hydrogens (tertiary/aromatic N) is 3. The molecule has 0 saturated carbocycles. The van der Waals surface area contributed by atoms with Crippen molar-refractivity contribution in [1.29, 1.82) is 0 Å². The second kappa shape index (κ2) is 10.4. The predicted octanol–water partition coefficient (Wildman–Crippen LogP) is 4.87. The molecular formula is C26H24FN3O4. The average molecular weight is 461 g/mol. The molecule has 0 spiro atoms. The van der Waals surface area contributed by atoms with Crippen molar-refractivity contribution in [1.82, 2.24) is 15.0 Å². The first-order valence-electron chi connectivity index (χ1n) is 10.6. The number of hydrogen-bond donors (Lipinski definition) is 1. The highest BCUT2D eigenvalue weighted by molar-refractivity contribution is 5.72. The average Bonchev–Trinajstić information content (AvgIpc) is 3.30. The van der Waals surface area contributed by atoms with Gasteiger partial charge in [-0.05, 0) is 41.9 Å². The molecule has 1 N–H and O–H groups in total. The highest BCUT2D eigenvalue weighted by Gasteiger charge is 2.15. The SMILES string of the molecule is COCc1cc(-c2nc(-c3ccc(CN(C)CC(=O)O)cc3)no2)ccc1-c1ccccc1F. The highest BCUT2D eigenvalue weighted by Crippen LogP contribution is 2.31. The van der Waals surface area contributed by atoms with Crippen LogP contribution in [0.5, 0.6) is 0 Å². The first kappa shape index (κ1) is 23.3. The molecule has 3 aromatic carbocycles. The Balaban J connectivity index is 1.56. The van der Waals surface area contributed by atoms with Crippen molar-refractivity contribution in [3.05, 3.63) is 83.7 Å². The number of benzene rings is 3. The molecule has 4 aromatic rings. The zero-order valence-electron chi connectivity index (χ0n) is 18.9. The van der Waals surface area contributed by atoms with Crippen molar-refractivity contribution in [2.45, 2.75) is 13.2 Å². The minimum atomic E-state index is -0.867. The van der Waals surface area contributed by atoms with Gasteiger partial charge in [0, 0.05) is 30.3 Å². The van der Waals surface area contributed by atoms with Gasteiger partial charge in [-0.15, -0.1) is 0 Å². The molecule has 0 bridgehead atoms. The minimum Gasteiger partial charge on any atom is -0.480 e. The van der Waals surface area contributed by atoms with E-state index in [0.29, 0.717) is 36.0 Å². The van der Waals surface area contributed by atoms with E-state index in [9.17, 15) is 9.18 Å². The lowest BCUT2D eigenvalue weighted by Crippen LogP contribution is -2.25. The number of carboxylic acids is 1. The zero-order valence-corrected chi connectivity index (χ0v) is 18.9. The Hall–Kier alpha value is -3.88. The van der Waals surface area contributed by atoms with Crippen LogP contribution in [0.2, 0.25) is 0 Å². The van der Waals surface area contributed by atoms with Crippen molar-refractivity contribution in [2.75, 3.05) is 20.7 Å². The fraction of sp³-hybridized carbons (Fsp3) is 0.192. The third kappa shape index (κ3) is 5.36. The second-order valence-corrected chi connectivity index (χ2v) is 7.97. The fourth-order valence-electron chi connectivity index (χ4n) is 3.76. The third-order valence-electron chi connectivity index (χ3n) is 5.31. The van der Waals surface area contributed by atoms with Gasteiger partial charge in [0.05, 0.1) is 13.2 Å². The Morgan fingerprint density at radius 3 is 2.50 bits per heavy atom. The van der Waals surface area contributed by atoms with Crippen LogP contribution in [0, 0.1) is 5.82 Å². The van der Waals surface area contributed by atoms with E-state index in [1.165, 1.54) is 6.07 Å². The van der Waals surface area contributed by atoms with Gasteiger partial charge < -0.3 is 14.4 Å². The number of rotatable bonds is 9. The summed E-state index contributed by atoms with van der Waals surface area (Å²) in [7, 11) is 3.34. The van der Waals surface area contributed by atoms with Gasteiger partial charge in [0.2, 0.25) is 5.82 Å². The lowest BCUT2D eigenvalue weighted by molar-refractivity contribution is -0.138. The molecule has 0 fully saturated rings. The Bertz CT molecular complexity index is 1290. The maximum absolute atomic E-state index is 14.4. The Morgan fingerprint density at radius 1 is 1.06 bits per heavy atom. The molecule has 0 aliphatic rings. The highest BCUT2D eigenvalue weighted by atomic mass is 19.1. The van der Waals surface area contributed by atoms with Gasteiger partial charge >= 0.3 is 5.97 Å². The fourth-order valence-corrected chi connectivity index (χ4v) is 3.76. The molecule has 0 amide bonds. The van der Waals surface area contributed by atoms with E-state index in [1.54, 1.807) is 37.3 Å². The summed E-state index contributed by atoms with van der Waals surface area (Å²) in [6, 6.07) is 19.7. The van der Waals surface area contributed by atoms with Gasteiger partial charge in [0.15, 0.2) is 0 Å². The van der Waals surface area contributed by atoms with Crippen LogP contribution in [0.25, 0.3) is 34.0 Å². The summed E-state index contributed by atoms with van der Waals surface area (Å²) in [5, 5.41) is 13.0. The molecule has 0 aliphatic heterocycles. The number of likely N-dealkylation sites (N-methyl/N-ethyl adjacent to an activating group) is 1. The van der Waals surface area contributed by atoms with Crippen LogP contribution in [0.3, 0.4) is 0 Å². The summed E-state index contributed by atoms with van der Waals surface area (Å²) in [5.41, 5.74) is 4.51. The molecule has 0 aliphatic carbocycles. The lowest BCUT2D eigenvalue weighted by atomic mass is 9.97. The normalized spacial score (nSPS) is 11.2. The quantitative estimate of drug-likeness (QED) is 0.380. The lowest BCUT2D eigenvalue weighted by Gasteiger charge is -2.13. The molecule has 7 nitrogen and oxygen atoms in total. The zero-order chi connectivity index (χ0) is 24.1. The van der Waals surface area contributed by atoms with Crippen molar-refractivity contribution < 1.29 is 23.6 Å². The van der Waals surface area contributed by atoms with Gasteiger partial charge in [-0.1, -0.05) is 53.7 Å². The monoisotopic (exact) mass is 461 g/mol. The minimum absolute atomic E-state index is 0.0310. The van der Waals surface area contributed by atoms with Crippen LogP contribution in [-0.2, 0) is 22.7 Å². The number of ether oxygens (including phenoxy) is 1. The van der Waals surface area contributed by atoms with Crippen molar-refractivity contribution >= 4 is 5.97 Å². The van der Waals surface area contributed by atoms with Gasteiger partial charge in [0.25, 0.3) is 5.89 Å². The molecule has 0 atom stereocenters. The van der Waals surface area contributed by atoms with E-state index in [2.05, 4.69) is 10.1 Å². The van der Waals surface area contributed by atoms with Crippen molar-refractivity contribution in [2.24, 2.45) is 0 Å². The van der Waals surface area contributed by atoms with Gasteiger partial charge in [-0.2, -0.15) is 4.98 Å². The van der Waals surface area contributed by atoms with Gasteiger partial charge in [-0.25, -0.2) is 4.39 Å². The molecule has 174 valence electrons. The molecule has 34 heavy (non-hydrogen) atoms. The molecule has 0 saturated heterocycles. The number of aromatic nitrogens is 2.